The highest BCUT2D eigenvalue weighted by Gasteiger charge is 2.21. The molecule has 0 N–H and O–H groups in total. The Kier molecular flexibility index (Phi) is 1.68. The molecule has 0 unspecified atom stereocenters. The molecule has 0 fully saturated rings. The van der Waals surface area contributed by atoms with Crippen LogP contribution in [0.2, 0.25) is 0 Å². The van der Waals surface area contributed by atoms with Gasteiger partial charge in [-0.25, -0.2) is 4.98 Å². The van der Waals surface area contributed by atoms with Gasteiger partial charge in [-0.15, -0.1) is 0 Å². The highest BCUT2D eigenvalue weighted by Crippen LogP contribution is 2.39. The van der Waals surface area contributed by atoms with E-state index in [2.05, 4.69) is 4.98 Å². The first-order chi connectivity index (χ1) is 7.40. The number of methoxy groups -OCH3 is 1. The Labute approximate surface area is 87.1 Å². The third kappa shape index (κ3) is 1.11. The maximum atomic E-state index is 5.59. The van der Waals surface area contributed by atoms with Crippen molar-refractivity contribution in [3.05, 3.63) is 30.6 Å². The molecule has 0 saturated carbocycles. The van der Waals surface area contributed by atoms with Crippen LogP contribution in [-0.2, 0) is 6.73 Å². The van der Waals surface area contributed by atoms with Gasteiger partial charge in [0.15, 0.2) is 6.73 Å². The number of nitrogens with zero attached hydrogens (tertiary/aromatic N) is 2. The fourth-order valence-corrected chi connectivity index (χ4v) is 1.80. The van der Waals surface area contributed by atoms with Crippen molar-refractivity contribution >= 4 is 0 Å². The number of rotatable bonds is 1. The molecule has 1 aliphatic rings. The maximum Gasteiger partial charge on any atom is 0.166 e. The molecule has 0 amide bonds. The van der Waals surface area contributed by atoms with E-state index in [1.54, 1.807) is 13.3 Å². The number of fused-ring (bicyclic) bond motifs is 3. The van der Waals surface area contributed by atoms with E-state index in [0.717, 1.165) is 22.9 Å². The van der Waals surface area contributed by atoms with Crippen LogP contribution < -0.4 is 9.47 Å². The van der Waals surface area contributed by atoms with E-state index in [1.165, 1.54) is 0 Å². The van der Waals surface area contributed by atoms with Crippen LogP contribution in [0.25, 0.3) is 11.4 Å². The normalized spacial score (nSPS) is 12.6. The summed E-state index contributed by atoms with van der Waals surface area (Å²) in [4.78, 5) is 4.31. The van der Waals surface area contributed by atoms with Gasteiger partial charge in [-0.05, 0) is 12.1 Å². The molecule has 1 aromatic carbocycles. The van der Waals surface area contributed by atoms with Crippen molar-refractivity contribution in [1.29, 1.82) is 0 Å². The van der Waals surface area contributed by atoms with Gasteiger partial charge in [0, 0.05) is 12.4 Å². The second-order valence-electron chi connectivity index (χ2n) is 3.33. The van der Waals surface area contributed by atoms with E-state index in [0.29, 0.717) is 6.73 Å². The molecule has 1 aliphatic heterocycles. The molecule has 15 heavy (non-hydrogen) atoms. The number of benzene rings is 1. The van der Waals surface area contributed by atoms with E-state index in [9.17, 15) is 0 Å². The van der Waals surface area contributed by atoms with Crippen LogP contribution in [0, 0.1) is 0 Å². The van der Waals surface area contributed by atoms with Crippen LogP contribution in [0.5, 0.6) is 11.5 Å². The van der Waals surface area contributed by atoms with E-state index < -0.39 is 0 Å². The average molecular weight is 202 g/mol. The third-order valence-electron chi connectivity index (χ3n) is 2.51. The summed E-state index contributed by atoms with van der Waals surface area (Å²) >= 11 is 0. The molecule has 2 aromatic rings. The largest absolute Gasteiger partial charge is 0.496 e. The third-order valence-corrected chi connectivity index (χ3v) is 2.51. The minimum atomic E-state index is 0.509. The highest BCUT2D eigenvalue weighted by atomic mass is 16.5. The van der Waals surface area contributed by atoms with Crippen molar-refractivity contribution in [1.82, 2.24) is 9.55 Å². The van der Waals surface area contributed by atoms with Crippen LogP contribution in [0.4, 0.5) is 0 Å². The van der Waals surface area contributed by atoms with Crippen LogP contribution in [0.3, 0.4) is 0 Å². The van der Waals surface area contributed by atoms with Gasteiger partial charge >= 0.3 is 0 Å². The summed E-state index contributed by atoms with van der Waals surface area (Å²) in [6.07, 6.45) is 3.66. The molecular weight excluding hydrogens is 192 g/mol. The standard InChI is InChI=1S/C11H10N2O2/c1-14-8-3-2-4-9-10(8)11-12-5-6-13(11)7-15-9/h2-6H,7H2,1H3. The molecule has 2 heterocycles. The lowest BCUT2D eigenvalue weighted by Crippen LogP contribution is -2.12. The smallest absolute Gasteiger partial charge is 0.166 e. The Balaban J connectivity index is 2.29. The first-order valence-electron chi connectivity index (χ1n) is 4.71. The van der Waals surface area contributed by atoms with Gasteiger partial charge in [-0.1, -0.05) is 6.07 Å². The van der Waals surface area contributed by atoms with E-state index in [-0.39, 0.29) is 0 Å². The summed E-state index contributed by atoms with van der Waals surface area (Å²) in [6.45, 7) is 0.509. The predicted octanol–water partition coefficient (Wildman–Crippen LogP) is 1.91. The molecule has 4 heteroatoms. The summed E-state index contributed by atoms with van der Waals surface area (Å²) < 4.78 is 12.8. The molecule has 0 atom stereocenters. The van der Waals surface area contributed by atoms with Gasteiger partial charge in [0.05, 0.1) is 7.11 Å². The zero-order chi connectivity index (χ0) is 10.3. The monoisotopic (exact) mass is 202 g/mol. The van der Waals surface area contributed by atoms with Crippen molar-refractivity contribution in [2.24, 2.45) is 0 Å². The average Bonchev–Trinajstić information content (AvgIpc) is 2.76. The second kappa shape index (κ2) is 3.02. The van der Waals surface area contributed by atoms with Crippen molar-refractivity contribution < 1.29 is 9.47 Å². The number of aromatic nitrogens is 2. The molecule has 1 aromatic heterocycles. The predicted molar refractivity (Wildman–Crippen MR) is 54.8 cm³/mol. The van der Waals surface area contributed by atoms with Crippen molar-refractivity contribution in [3.63, 3.8) is 0 Å². The highest BCUT2D eigenvalue weighted by molar-refractivity contribution is 5.73. The quantitative estimate of drug-likeness (QED) is 0.708. The Hall–Kier alpha value is -1.97. The SMILES string of the molecule is COc1cccc2c1-c1nccn1CO2. The summed E-state index contributed by atoms with van der Waals surface area (Å²) in [5, 5.41) is 0. The number of imidazole rings is 1. The van der Waals surface area contributed by atoms with Crippen molar-refractivity contribution in [3.8, 4) is 22.9 Å². The molecule has 0 bridgehead atoms. The first kappa shape index (κ1) is 8.35. The fourth-order valence-electron chi connectivity index (χ4n) is 1.80. The molecule has 0 saturated heterocycles. The van der Waals surface area contributed by atoms with E-state index in [4.69, 9.17) is 9.47 Å². The fraction of sp³-hybridized carbons (Fsp3) is 0.182. The van der Waals surface area contributed by atoms with E-state index >= 15 is 0 Å². The lowest BCUT2D eigenvalue weighted by atomic mass is 10.1. The molecule has 3 rings (SSSR count). The Morgan fingerprint density at radius 3 is 3.27 bits per heavy atom. The maximum absolute atomic E-state index is 5.59. The zero-order valence-electron chi connectivity index (χ0n) is 8.30. The zero-order valence-corrected chi connectivity index (χ0v) is 8.30. The molecular formula is C11H10N2O2. The molecule has 0 radical (unpaired) electrons. The Morgan fingerprint density at radius 1 is 1.47 bits per heavy atom. The van der Waals surface area contributed by atoms with Gasteiger partial charge in [-0.3, -0.25) is 4.57 Å². The molecule has 76 valence electrons. The van der Waals surface area contributed by atoms with Crippen LogP contribution >= 0.6 is 0 Å². The van der Waals surface area contributed by atoms with Crippen molar-refractivity contribution in [2.45, 2.75) is 6.73 Å². The molecule has 0 aliphatic carbocycles. The van der Waals surface area contributed by atoms with Crippen LogP contribution in [0.1, 0.15) is 0 Å². The van der Waals surface area contributed by atoms with Gasteiger partial charge in [-0.2, -0.15) is 0 Å². The molecule has 0 spiro atoms. The summed E-state index contributed by atoms with van der Waals surface area (Å²) in [6, 6.07) is 5.75. The number of hydrogen-bond acceptors (Lipinski definition) is 3. The lowest BCUT2D eigenvalue weighted by molar-refractivity contribution is 0.228. The van der Waals surface area contributed by atoms with Crippen LogP contribution in [0.15, 0.2) is 30.6 Å². The van der Waals surface area contributed by atoms with Crippen molar-refractivity contribution in [2.75, 3.05) is 7.11 Å². The van der Waals surface area contributed by atoms with Gasteiger partial charge in [0.2, 0.25) is 0 Å². The second-order valence-corrected chi connectivity index (χ2v) is 3.33. The van der Waals surface area contributed by atoms with Crippen LogP contribution in [-0.4, -0.2) is 16.7 Å². The molecule has 4 nitrogen and oxygen atoms in total. The van der Waals surface area contributed by atoms with Gasteiger partial charge in [0.25, 0.3) is 0 Å². The minimum absolute atomic E-state index is 0.509. The van der Waals surface area contributed by atoms with E-state index in [1.807, 2.05) is 29.0 Å². The lowest BCUT2D eigenvalue weighted by Gasteiger charge is -2.20. The number of hydrogen-bond donors (Lipinski definition) is 0. The first-order valence-corrected chi connectivity index (χ1v) is 4.71. The topological polar surface area (TPSA) is 36.3 Å². The summed E-state index contributed by atoms with van der Waals surface area (Å²) in [5.74, 6) is 2.52. The van der Waals surface area contributed by atoms with Gasteiger partial charge < -0.3 is 9.47 Å². The Morgan fingerprint density at radius 2 is 2.40 bits per heavy atom. The summed E-state index contributed by atoms with van der Waals surface area (Å²) in [5.41, 5.74) is 0.927. The number of ether oxygens (including phenoxy) is 2. The Bertz CT molecular complexity index is 491. The van der Waals surface area contributed by atoms with Gasteiger partial charge in [0.1, 0.15) is 22.9 Å². The summed E-state index contributed by atoms with van der Waals surface area (Å²) in [7, 11) is 1.65. The minimum Gasteiger partial charge on any atom is -0.496 e.